The Morgan fingerprint density at radius 3 is 2.40 bits per heavy atom. The van der Waals surface area contributed by atoms with Gasteiger partial charge in [0, 0.05) is 58.0 Å². The highest BCUT2D eigenvalue weighted by molar-refractivity contribution is 5.95. The van der Waals surface area contributed by atoms with E-state index < -0.39 is 77.1 Å². The second-order valence-electron chi connectivity index (χ2n) is 18.0. The van der Waals surface area contributed by atoms with Crippen molar-refractivity contribution in [1.29, 1.82) is 0 Å². The molecule has 2 aliphatic carbocycles. The van der Waals surface area contributed by atoms with Crippen molar-refractivity contribution in [2.75, 3.05) is 20.7 Å². The fourth-order valence-electron chi connectivity index (χ4n) is 9.41. The maximum absolute atomic E-state index is 15.0. The zero-order valence-corrected chi connectivity index (χ0v) is 35.6. The molecule has 1 saturated carbocycles. The molecule has 0 unspecified atom stereocenters. The van der Waals surface area contributed by atoms with Crippen LogP contribution in [0.25, 0.3) is 6.08 Å². The van der Waals surface area contributed by atoms with E-state index in [2.05, 4.69) is 10.6 Å². The van der Waals surface area contributed by atoms with Crippen molar-refractivity contribution in [3.05, 3.63) is 112 Å². The molecule has 62 heavy (non-hydrogen) atoms. The van der Waals surface area contributed by atoms with Crippen LogP contribution >= 0.6 is 0 Å². The lowest BCUT2D eigenvalue weighted by atomic mass is 9.62. The summed E-state index contributed by atoms with van der Waals surface area (Å²) in [6, 6.07) is 20.4. The molecular formula is C47H54N4O11. The Morgan fingerprint density at radius 2 is 1.69 bits per heavy atom. The van der Waals surface area contributed by atoms with Crippen molar-refractivity contribution in [3.8, 4) is 0 Å². The molecule has 4 fully saturated rings. The second-order valence-corrected chi connectivity index (χ2v) is 18.0. The summed E-state index contributed by atoms with van der Waals surface area (Å²) in [4.78, 5) is 75.6. The number of hydrogen-bond donors (Lipinski definition) is 3. The fourth-order valence-corrected chi connectivity index (χ4v) is 9.41. The molecule has 3 saturated heterocycles. The minimum absolute atomic E-state index is 0.0150. The number of nitrogens with zero attached hydrogens (tertiary/aromatic N) is 2. The predicted molar refractivity (Wildman–Crippen MR) is 223 cm³/mol. The van der Waals surface area contributed by atoms with E-state index in [-0.39, 0.29) is 44.9 Å². The van der Waals surface area contributed by atoms with Crippen molar-refractivity contribution in [3.63, 3.8) is 0 Å². The second kappa shape index (κ2) is 17.0. The topological polar surface area (TPSA) is 182 Å². The van der Waals surface area contributed by atoms with Gasteiger partial charge in [-0.1, -0.05) is 60.7 Å². The minimum atomic E-state index is -1.45. The van der Waals surface area contributed by atoms with Crippen LogP contribution in [0.3, 0.4) is 0 Å². The van der Waals surface area contributed by atoms with Gasteiger partial charge in [-0.25, -0.2) is 0 Å². The monoisotopic (exact) mass is 850 g/mol. The highest BCUT2D eigenvalue weighted by atomic mass is 16.8. The molecule has 8 rings (SSSR count). The number of nitrogens with one attached hydrogen (secondary N) is 2. The number of carbonyl (C=O) groups is 5. The Hall–Kier alpha value is -5.45. The van der Waals surface area contributed by atoms with Crippen LogP contribution in [0.1, 0.15) is 78.2 Å². The van der Waals surface area contributed by atoms with Crippen LogP contribution in [0.5, 0.6) is 0 Å². The first-order chi connectivity index (χ1) is 29.6. The van der Waals surface area contributed by atoms with Crippen molar-refractivity contribution >= 4 is 35.7 Å². The van der Waals surface area contributed by atoms with Crippen LogP contribution in [0, 0.1) is 5.41 Å². The summed E-state index contributed by atoms with van der Waals surface area (Å²) in [7, 11) is 3.34. The maximum atomic E-state index is 15.0. The molecule has 7 atom stereocenters. The largest absolute Gasteiger partial charge is 0.460 e. The summed E-state index contributed by atoms with van der Waals surface area (Å²) in [5, 5.41) is 17.4. The number of esters is 2. The number of ether oxygens (including phenoxy) is 4. The molecule has 0 radical (unpaired) electrons. The summed E-state index contributed by atoms with van der Waals surface area (Å²) in [5.41, 5.74) is 2.50. The third kappa shape index (κ3) is 8.51. The lowest BCUT2D eigenvalue weighted by Gasteiger charge is -2.48. The molecule has 3 N–H and O–H groups in total. The Balaban J connectivity index is 1.04. The molecule has 328 valence electrons. The first kappa shape index (κ1) is 43.2. The molecule has 15 heteroatoms. The molecule has 3 aromatic rings. The van der Waals surface area contributed by atoms with E-state index in [9.17, 15) is 29.1 Å². The van der Waals surface area contributed by atoms with Crippen LogP contribution in [0.15, 0.2) is 78.9 Å². The summed E-state index contributed by atoms with van der Waals surface area (Å²) >= 11 is 0. The summed E-state index contributed by atoms with van der Waals surface area (Å²) in [6.45, 7) is 5.03. The standard InChI is InChI=1S/C47H54N4O11/c1-45(2,3)59-37(54)20-18-34(27-52)49-42(55)30-16-10-11-28(21-30)25-48-44(57)47-24-35-38-39(61-46(60-38)22-31-13-7-8-14-32(31)23-46)41(47)62-51(40(47)43(56)58-35)26-33-15-9-6-12-29(33)17-19-36(53)50(4)5/h6-17,19,21,34-35,38-41,52H,18,20,22-27H2,1-5H3,(H,48,57)(H,49,55)/t34-,35-,38-,39-,40-,41+,47-/m0/s1. The molecule has 2 bridgehead atoms. The van der Waals surface area contributed by atoms with E-state index in [1.807, 2.05) is 48.5 Å². The number of hydrogen-bond acceptors (Lipinski definition) is 12. The molecule has 3 aromatic carbocycles. The number of amides is 3. The molecule has 3 aliphatic heterocycles. The van der Waals surface area contributed by atoms with E-state index in [0.29, 0.717) is 24.0 Å². The summed E-state index contributed by atoms with van der Waals surface area (Å²) in [6.07, 6.45) is 1.33. The predicted octanol–water partition coefficient (Wildman–Crippen LogP) is 3.40. The van der Waals surface area contributed by atoms with Gasteiger partial charge in [-0.3, -0.25) is 28.8 Å². The van der Waals surface area contributed by atoms with Crippen molar-refractivity contribution < 1.29 is 52.9 Å². The molecule has 5 aliphatic rings. The normalized spacial score (nSPS) is 26.1. The fraction of sp³-hybridized carbons (Fsp3) is 0.468. The van der Waals surface area contributed by atoms with E-state index in [0.717, 1.165) is 22.3 Å². The van der Waals surface area contributed by atoms with E-state index in [1.54, 1.807) is 65.2 Å². The van der Waals surface area contributed by atoms with Gasteiger partial charge in [0.1, 0.15) is 35.4 Å². The average molecular weight is 851 g/mol. The van der Waals surface area contributed by atoms with Gasteiger partial charge in [0.15, 0.2) is 11.8 Å². The molecule has 15 nitrogen and oxygen atoms in total. The van der Waals surface area contributed by atoms with Gasteiger partial charge in [-0.2, -0.15) is 5.06 Å². The number of carbonyl (C=O) groups excluding carboxylic acids is 5. The van der Waals surface area contributed by atoms with Crippen molar-refractivity contribution in [2.45, 2.75) is 114 Å². The lowest BCUT2D eigenvalue weighted by molar-refractivity contribution is -0.217. The van der Waals surface area contributed by atoms with Gasteiger partial charge in [-0.15, -0.1) is 0 Å². The van der Waals surface area contributed by atoms with Crippen LogP contribution in [0.2, 0.25) is 0 Å². The maximum Gasteiger partial charge on any atom is 0.327 e. The van der Waals surface area contributed by atoms with Gasteiger partial charge in [0.2, 0.25) is 11.8 Å². The third-order valence-electron chi connectivity index (χ3n) is 12.3. The number of aliphatic hydroxyl groups is 1. The number of benzene rings is 3. The summed E-state index contributed by atoms with van der Waals surface area (Å²) in [5.74, 6) is -3.14. The zero-order chi connectivity index (χ0) is 44.0. The minimum Gasteiger partial charge on any atom is -0.460 e. The van der Waals surface area contributed by atoms with E-state index >= 15 is 0 Å². The Kier molecular flexibility index (Phi) is 11.9. The number of hydroxylamine groups is 2. The van der Waals surface area contributed by atoms with E-state index in [1.165, 1.54) is 16.0 Å². The Bertz CT molecular complexity index is 2250. The Morgan fingerprint density at radius 1 is 0.984 bits per heavy atom. The number of rotatable bonds is 13. The molecule has 3 amide bonds. The highest BCUT2D eigenvalue weighted by Crippen LogP contribution is 2.58. The van der Waals surface area contributed by atoms with Gasteiger partial charge in [0.05, 0.1) is 19.2 Å². The van der Waals surface area contributed by atoms with Gasteiger partial charge < -0.3 is 39.6 Å². The van der Waals surface area contributed by atoms with Gasteiger partial charge in [0.25, 0.3) is 5.91 Å². The third-order valence-corrected chi connectivity index (χ3v) is 12.3. The average Bonchev–Trinajstić information content (AvgIpc) is 3.91. The SMILES string of the molecule is CN(C)C(=O)C=Cc1ccccc1CN1O[C@@H]2[C@H]3OC4(Cc5ccccc5C4)O[C@H]3[C@@H]3C[C@]2(C(=O)NCc2cccc(C(=O)N[C@H](CO)CCC(=O)OC(C)(C)C)c2)[C@@H]1C(=O)O3. The number of likely N-dealkylation sites (N-methyl/N-ethyl adjacent to an activating group) is 1. The highest BCUT2D eigenvalue weighted by Gasteiger charge is 2.76. The zero-order valence-electron chi connectivity index (χ0n) is 35.6. The first-order valence-corrected chi connectivity index (χ1v) is 21.1. The van der Waals surface area contributed by atoms with Gasteiger partial charge >= 0.3 is 11.9 Å². The van der Waals surface area contributed by atoms with Gasteiger partial charge in [-0.05, 0) is 73.2 Å². The Labute approximate surface area is 360 Å². The molecule has 1 spiro atoms. The number of aliphatic hydroxyl groups excluding tert-OH is 1. The van der Waals surface area contributed by atoms with Crippen molar-refractivity contribution in [1.82, 2.24) is 20.6 Å². The van der Waals surface area contributed by atoms with Crippen molar-refractivity contribution in [2.24, 2.45) is 5.41 Å². The lowest BCUT2D eigenvalue weighted by Crippen LogP contribution is -2.69. The van der Waals surface area contributed by atoms with Crippen LogP contribution in [0.4, 0.5) is 0 Å². The first-order valence-electron chi connectivity index (χ1n) is 21.1. The smallest absolute Gasteiger partial charge is 0.327 e. The number of fused-ring (bicyclic) bond motifs is 5. The quantitative estimate of drug-likeness (QED) is 0.169. The van der Waals surface area contributed by atoms with Crippen LogP contribution in [-0.2, 0) is 68.9 Å². The molecular weight excluding hydrogens is 797 g/mol. The van der Waals surface area contributed by atoms with E-state index in [4.69, 9.17) is 23.8 Å². The summed E-state index contributed by atoms with van der Waals surface area (Å²) < 4.78 is 25.2. The van der Waals surface area contributed by atoms with Crippen LogP contribution < -0.4 is 10.6 Å². The van der Waals surface area contributed by atoms with Crippen LogP contribution in [-0.4, -0.2) is 113 Å². The molecule has 3 heterocycles. The molecule has 0 aromatic heterocycles.